The molecule has 1 aromatic heterocycles. The second-order valence-electron chi connectivity index (χ2n) is 6.65. The van der Waals surface area contributed by atoms with E-state index in [1.165, 1.54) is 11.1 Å². The number of aromatic nitrogens is 2. The van der Waals surface area contributed by atoms with Crippen LogP contribution >= 0.6 is 0 Å². The molecule has 1 aliphatic rings. The van der Waals surface area contributed by atoms with E-state index in [2.05, 4.69) is 47.3 Å². The number of anilines is 2. The highest BCUT2D eigenvalue weighted by molar-refractivity contribution is 5.56. The second-order valence-corrected chi connectivity index (χ2v) is 6.65. The topological polar surface area (TPSA) is 65.5 Å². The van der Waals surface area contributed by atoms with Gasteiger partial charge in [-0.05, 0) is 61.7 Å². The minimum Gasteiger partial charge on any atom is -0.473 e. The SMILES string of the molecule is Cc1cc(C)cc(Nc2nc(C)cc(OCc3ccc4c(c3)OCO4)n2)c1. The lowest BCUT2D eigenvalue weighted by molar-refractivity contribution is 0.174. The Bertz CT molecular complexity index is 968. The molecule has 1 aliphatic heterocycles. The summed E-state index contributed by atoms with van der Waals surface area (Å²) in [5.41, 5.74) is 5.14. The summed E-state index contributed by atoms with van der Waals surface area (Å²) in [7, 11) is 0. The largest absolute Gasteiger partial charge is 0.473 e. The van der Waals surface area contributed by atoms with Gasteiger partial charge in [0.05, 0.1) is 0 Å². The molecule has 0 unspecified atom stereocenters. The summed E-state index contributed by atoms with van der Waals surface area (Å²) in [5.74, 6) is 2.54. The molecule has 6 nitrogen and oxygen atoms in total. The van der Waals surface area contributed by atoms with Gasteiger partial charge in [0.1, 0.15) is 6.61 Å². The summed E-state index contributed by atoms with van der Waals surface area (Å²) in [6.45, 7) is 6.69. The molecule has 0 fully saturated rings. The van der Waals surface area contributed by atoms with E-state index in [0.29, 0.717) is 18.4 Å². The number of fused-ring (bicyclic) bond motifs is 1. The first-order valence-electron chi connectivity index (χ1n) is 8.77. The molecule has 0 radical (unpaired) electrons. The minimum atomic E-state index is 0.262. The third kappa shape index (κ3) is 4.11. The van der Waals surface area contributed by atoms with Crippen molar-refractivity contribution < 1.29 is 14.2 Å². The highest BCUT2D eigenvalue weighted by Crippen LogP contribution is 2.32. The van der Waals surface area contributed by atoms with E-state index < -0.39 is 0 Å². The summed E-state index contributed by atoms with van der Waals surface area (Å²) in [4.78, 5) is 8.93. The summed E-state index contributed by atoms with van der Waals surface area (Å²) in [5, 5.41) is 3.26. The van der Waals surface area contributed by atoms with Crippen LogP contribution in [0.1, 0.15) is 22.4 Å². The van der Waals surface area contributed by atoms with Gasteiger partial charge in [-0.3, -0.25) is 0 Å². The van der Waals surface area contributed by atoms with Gasteiger partial charge in [0.15, 0.2) is 11.5 Å². The molecule has 0 bridgehead atoms. The zero-order valence-electron chi connectivity index (χ0n) is 15.6. The number of benzene rings is 2. The molecular weight excluding hydrogens is 342 g/mol. The first-order chi connectivity index (χ1) is 13.0. The summed E-state index contributed by atoms with van der Waals surface area (Å²) >= 11 is 0. The van der Waals surface area contributed by atoms with E-state index in [4.69, 9.17) is 14.2 Å². The summed E-state index contributed by atoms with van der Waals surface area (Å²) < 4.78 is 16.6. The standard InChI is InChI=1S/C21H21N3O3/c1-13-6-14(2)8-17(7-13)23-21-22-15(3)9-20(24-21)25-11-16-4-5-18-19(10-16)27-12-26-18/h4-10H,11-12H2,1-3H3,(H,22,23,24). The monoisotopic (exact) mass is 363 g/mol. The predicted octanol–water partition coefficient (Wildman–Crippen LogP) is 4.45. The van der Waals surface area contributed by atoms with Crippen LogP contribution in [0.3, 0.4) is 0 Å². The van der Waals surface area contributed by atoms with E-state index >= 15 is 0 Å². The predicted molar refractivity (Wildman–Crippen MR) is 103 cm³/mol. The number of ether oxygens (including phenoxy) is 3. The molecule has 1 N–H and O–H groups in total. The molecule has 4 rings (SSSR count). The first-order valence-corrected chi connectivity index (χ1v) is 8.77. The van der Waals surface area contributed by atoms with Crippen molar-refractivity contribution in [2.45, 2.75) is 27.4 Å². The first kappa shape index (κ1) is 17.1. The summed E-state index contributed by atoms with van der Waals surface area (Å²) in [6, 6.07) is 13.8. The fourth-order valence-corrected chi connectivity index (χ4v) is 3.03. The molecule has 0 atom stereocenters. The van der Waals surface area contributed by atoms with Crippen LogP contribution in [0.2, 0.25) is 0 Å². The zero-order chi connectivity index (χ0) is 18.8. The maximum Gasteiger partial charge on any atom is 0.231 e. The van der Waals surface area contributed by atoms with E-state index in [-0.39, 0.29) is 6.79 Å². The molecule has 6 heteroatoms. The highest BCUT2D eigenvalue weighted by atomic mass is 16.7. The van der Waals surface area contributed by atoms with Crippen molar-refractivity contribution in [3.63, 3.8) is 0 Å². The lowest BCUT2D eigenvalue weighted by Gasteiger charge is -2.11. The van der Waals surface area contributed by atoms with E-state index in [9.17, 15) is 0 Å². The molecule has 138 valence electrons. The number of hydrogen-bond acceptors (Lipinski definition) is 6. The van der Waals surface area contributed by atoms with Crippen LogP contribution in [0.5, 0.6) is 17.4 Å². The van der Waals surface area contributed by atoms with Gasteiger partial charge in [0, 0.05) is 17.4 Å². The molecule has 3 aromatic rings. The summed E-state index contributed by atoms with van der Waals surface area (Å²) in [6.07, 6.45) is 0. The number of rotatable bonds is 5. The molecular formula is C21H21N3O3. The Morgan fingerprint density at radius 2 is 1.70 bits per heavy atom. The van der Waals surface area contributed by atoms with E-state index in [1.807, 2.05) is 31.2 Å². The smallest absolute Gasteiger partial charge is 0.231 e. The molecule has 0 saturated heterocycles. The van der Waals surface area contributed by atoms with Crippen molar-refractivity contribution in [1.82, 2.24) is 9.97 Å². The molecule has 0 amide bonds. The zero-order valence-corrected chi connectivity index (χ0v) is 15.6. The highest BCUT2D eigenvalue weighted by Gasteiger charge is 2.13. The van der Waals surface area contributed by atoms with Gasteiger partial charge in [-0.15, -0.1) is 0 Å². The Morgan fingerprint density at radius 1 is 0.926 bits per heavy atom. The van der Waals surface area contributed by atoms with Crippen LogP contribution in [-0.2, 0) is 6.61 Å². The van der Waals surface area contributed by atoms with Gasteiger partial charge in [0.25, 0.3) is 0 Å². The fourth-order valence-electron chi connectivity index (χ4n) is 3.03. The Morgan fingerprint density at radius 3 is 2.52 bits per heavy atom. The van der Waals surface area contributed by atoms with Gasteiger partial charge in [-0.25, -0.2) is 4.98 Å². The number of hydrogen-bond donors (Lipinski definition) is 1. The third-order valence-electron chi connectivity index (χ3n) is 4.13. The van der Waals surface area contributed by atoms with Gasteiger partial charge >= 0.3 is 0 Å². The Kier molecular flexibility index (Phi) is 4.54. The number of aryl methyl sites for hydroxylation is 3. The van der Waals surface area contributed by atoms with Crippen LogP contribution < -0.4 is 19.5 Å². The minimum absolute atomic E-state index is 0.262. The van der Waals surface area contributed by atoms with Gasteiger partial charge in [0.2, 0.25) is 18.6 Å². The lowest BCUT2D eigenvalue weighted by Crippen LogP contribution is -2.03. The van der Waals surface area contributed by atoms with Crippen molar-refractivity contribution in [2.24, 2.45) is 0 Å². The Labute approximate surface area is 158 Å². The Balaban J connectivity index is 1.48. The third-order valence-corrected chi connectivity index (χ3v) is 4.13. The van der Waals surface area contributed by atoms with Crippen LogP contribution in [0.15, 0.2) is 42.5 Å². The van der Waals surface area contributed by atoms with Crippen LogP contribution in [-0.4, -0.2) is 16.8 Å². The van der Waals surface area contributed by atoms with Crippen molar-refractivity contribution in [3.8, 4) is 17.4 Å². The Hall–Kier alpha value is -3.28. The lowest BCUT2D eigenvalue weighted by atomic mass is 10.1. The maximum atomic E-state index is 5.87. The molecule has 2 heterocycles. The van der Waals surface area contributed by atoms with E-state index in [1.54, 1.807) is 0 Å². The maximum absolute atomic E-state index is 5.87. The average Bonchev–Trinajstić information content (AvgIpc) is 3.06. The molecule has 0 spiro atoms. The number of nitrogens with one attached hydrogen (secondary N) is 1. The van der Waals surface area contributed by atoms with Gasteiger partial charge < -0.3 is 19.5 Å². The molecule has 0 aliphatic carbocycles. The van der Waals surface area contributed by atoms with Crippen molar-refractivity contribution in [2.75, 3.05) is 12.1 Å². The quantitative estimate of drug-likeness (QED) is 0.722. The van der Waals surface area contributed by atoms with Gasteiger partial charge in [-0.2, -0.15) is 4.98 Å². The van der Waals surface area contributed by atoms with Crippen molar-refractivity contribution >= 4 is 11.6 Å². The van der Waals surface area contributed by atoms with Crippen LogP contribution in [0, 0.1) is 20.8 Å². The molecule has 27 heavy (non-hydrogen) atoms. The van der Waals surface area contributed by atoms with Crippen molar-refractivity contribution in [1.29, 1.82) is 0 Å². The van der Waals surface area contributed by atoms with Gasteiger partial charge in [-0.1, -0.05) is 12.1 Å². The molecule has 0 saturated carbocycles. The van der Waals surface area contributed by atoms with E-state index in [0.717, 1.165) is 28.4 Å². The average molecular weight is 363 g/mol. The second kappa shape index (κ2) is 7.15. The van der Waals surface area contributed by atoms with Crippen LogP contribution in [0.4, 0.5) is 11.6 Å². The number of nitrogens with zero attached hydrogens (tertiary/aromatic N) is 2. The molecule has 2 aromatic carbocycles. The normalized spacial score (nSPS) is 12.1. The van der Waals surface area contributed by atoms with Crippen LogP contribution in [0.25, 0.3) is 0 Å². The fraction of sp³-hybridized carbons (Fsp3) is 0.238. The van der Waals surface area contributed by atoms with Crippen molar-refractivity contribution in [3.05, 3.63) is 64.8 Å².